The molecule has 0 saturated heterocycles. The van der Waals surface area contributed by atoms with Crippen LogP contribution in [-0.2, 0) is 10.6 Å². The van der Waals surface area contributed by atoms with Crippen molar-refractivity contribution in [3.05, 3.63) is 24.0 Å². The molecule has 0 aliphatic rings. The molecule has 0 fully saturated rings. The first-order chi connectivity index (χ1) is 8.78. The van der Waals surface area contributed by atoms with Crippen molar-refractivity contribution in [2.45, 2.75) is 38.6 Å². The van der Waals surface area contributed by atoms with Gasteiger partial charge in [0.1, 0.15) is 0 Å². The van der Waals surface area contributed by atoms with E-state index >= 15 is 0 Å². The normalized spacial score (nSPS) is 10.9. The largest absolute Gasteiger partial charge is 0.383 e. The Morgan fingerprint density at radius 3 is 2.67 bits per heavy atom. The number of pyridine rings is 1. The van der Waals surface area contributed by atoms with Gasteiger partial charge >= 0.3 is 0 Å². The van der Waals surface area contributed by atoms with E-state index in [1.165, 1.54) is 5.69 Å². The van der Waals surface area contributed by atoms with E-state index in [2.05, 4.69) is 23.7 Å². The molecule has 1 heterocycles. The number of alkyl halides is 1. The summed E-state index contributed by atoms with van der Waals surface area (Å²) in [4.78, 5) is 6.54. The average Bonchev–Trinajstić information content (AvgIpc) is 2.43. The molecule has 0 N–H and O–H groups in total. The zero-order valence-corrected chi connectivity index (χ0v) is 12.3. The molecule has 4 heteroatoms. The zero-order chi connectivity index (χ0) is 13.4. The summed E-state index contributed by atoms with van der Waals surface area (Å²) < 4.78 is 5.22. The minimum absolute atomic E-state index is 0.493. The summed E-state index contributed by atoms with van der Waals surface area (Å²) in [6, 6.07) is 2.57. The fourth-order valence-electron chi connectivity index (χ4n) is 2.22. The predicted octanol–water partition coefficient (Wildman–Crippen LogP) is 3.46. The lowest BCUT2D eigenvalue weighted by atomic mass is 10.1. The molecule has 0 spiro atoms. The Morgan fingerprint density at radius 2 is 2.11 bits per heavy atom. The molecule has 0 atom stereocenters. The maximum absolute atomic E-state index is 6.00. The van der Waals surface area contributed by atoms with Crippen molar-refractivity contribution in [1.82, 2.24) is 4.98 Å². The quantitative estimate of drug-likeness (QED) is 0.677. The molecule has 1 rings (SSSR count). The summed E-state index contributed by atoms with van der Waals surface area (Å²) in [5, 5.41) is 0. The highest BCUT2D eigenvalue weighted by Crippen LogP contribution is 2.25. The Balaban J connectivity index is 2.99. The molecule has 102 valence electrons. The van der Waals surface area contributed by atoms with E-state index in [4.69, 9.17) is 16.3 Å². The summed E-state index contributed by atoms with van der Waals surface area (Å²) in [6.45, 7) is 6.04. The minimum atomic E-state index is 0.493. The van der Waals surface area contributed by atoms with Crippen LogP contribution in [0.3, 0.4) is 0 Å². The zero-order valence-electron chi connectivity index (χ0n) is 11.5. The number of hydrogen-bond acceptors (Lipinski definition) is 3. The molecule has 0 aromatic carbocycles. The topological polar surface area (TPSA) is 25.4 Å². The van der Waals surface area contributed by atoms with Crippen LogP contribution in [0.2, 0.25) is 0 Å². The number of aromatic nitrogens is 1. The summed E-state index contributed by atoms with van der Waals surface area (Å²) in [6.07, 6.45) is 5.91. The number of hydrogen-bond donors (Lipinski definition) is 0. The standard InChI is InChI=1S/C14H23ClN2O/c1-4-13(5-2)17(8-9-18-3)14-6-7-16-11-12(14)10-15/h6-7,11,13H,4-5,8-10H2,1-3H3. The van der Waals surface area contributed by atoms with E-state index in [1.807, 2.05) is 18.5 Å². The molecule has 0 aliphatic heterocycles. The van der Waals surface area contributed by atoms with Crippen molar-refractivity contribution in [2.24, 2.45) is 0 Å². The van der Waals surface area contributed by atoms with E-state index in [9.17, 15) is 0 Å². The van der Waals surface area contributed by atoms with E-state index < -0.39 is 0 Å². The van der Waals surface area contributed by atoms with Gasteiger partial charge in [-0.2, -0.15) is 0 Å². The third-order valence-electron chi connectivity index (χ3n) is 3.25. The third kappa shape index (κ3) is 3.85. The number of methoxy groups -OCH3 is 1. The van der Waals surface area contributed by atoms with Crippen molar-refractivity contribution in [1.29, 1.82) is 0 Å². The molecule has 1 aromatic heterocycles. The first-order valence-corrected chi connectivity index (χ1v) is 7.06. The lowest BCUT2D eigenvalue weighted by Gasteiger charge is -2.33. The Bertz CT molecular complexity index is 342. The Kier molecular flexibility index (Phi) is 7.06. The fourth-order valence-corrected chi connectivity index (χ4v) is 2.43. The smallest absolute Gasteiger partial charge is 0.0637 e. The van der Waals surface area contributed by atoms with Gasteiger partial charge in [-0.05, 0) is 18.9 Å². The van der Waals surface area contributed by atoms with Crippen LogP contribution in [0.25, 0.3) is 0 Å². The highest BCUT2D eigenvalue weighted by molar-refractivity contribution is 6.17. The van der Waals surface area contributed by atoms with Gasteiger partial charge in [0, 0.05) is 43.3 Å². The number of rotatable bonds is 8. The number of anilines is 1. The predicted molar refractivity (Wildman–Crippen MR) is 77.4 cm³/mol. The van der Waals surface area contributed by atoms with Crippen LogP contribution in [-0.4, -0.2) is 31.3 Å². The molecule has 0 radical (unpaired) electrons. The summed E-state index contributed by atoms with van der Waals surface area (Å²) in [5.74, 6) is 0.493. The molecule has 3 nitrogen and oxygen atoms in total. The molecular formula is C14H23ClN2O. The second-order valence-electron chi connectivity index (χ2n) is 4.29. The molecule has 0 aliphatic carbocycles. The van der Waals surface area contributed by atoms with Gasteiger partial charge < -0.3 is 9.64 Å². The fraction of sp³-hybridized carbons (Fsp3) is 0.643. The van der Waals surface area contributed by atoms with Crippen LogP contribution in [0.5, 0.6) is 0 Å². The number of halogens is 1. The van der Waals surface area contributed by atoms with E-state index in [0.29, 0.717) is 11.9 Å². The summed E-state index contributed by atoms with van der Waals surface area (Å²) in [7, 11) is 1.74. The first-order valence-electron chi connectivity index (χ1n) is 6.52. The minimum Gasteiger partial charge on any atom is -0.383 e. The molecule has 0 saturated carbocycles. The molecular weight excluding hydrogens is 248 g/mol. The van der Waals surface area contributed by atoms with Gasteiger partial charge in [0.2, 0.25) is 0 Å². The van der Waals surface area contributed by atoms with Crippen LogP contribution in [0, 0.1) is 0 Å². The maximum atomic E-state index is 6.00. The highest BCUT2D eigenvalue weighted by Gasteiger charge is 2.17. The van der Waals surface area contributed by atoms with Gasteiger partial charge in [-0.15, -0.1) is 11.6 Å². The second-order valence-corrected chi connectivity index (χ2v) is 4.56. The van der Waals surface area contributed by atoms with E-state index in [0.717, 1.165) is 31.6 Å². The monoisotopic (exact) mass is 270 g/mol. The lowest BCUT2D eigenvalue weighted by molar-refractivity contribution is 0.202. The van der Waals surface area contributed by atoms with Gasteiger partial charge in [-0.1, -0.05) is 13.8 Å². The van der Waals surface area contributed by atoms with Gasteiger partial charge in [-0.25, -0.2) is 0 Å². The Hall–Kier alpha value is -0.800. The van der Waals surface area contributed by atoms with Crippen LogP contribution in [0.4, 0.5) is 5.69 Å². The number of nitrogens with zero attached hydrogens (tertiary/aromatic N) is 2. The van der Waals surface area contributed by atoms with E-state index in [1.54, 1.807) is 7.11 Å². The SMILES string of the molecule is CCC(CC)N(CCOC)c1ccncc1CCl. The van der Waals surface area contributed by atoms with Crippen molar-refractivity contribution in [3.8, 4) is 0 Å². The molecule has 18 heavy (non-hydrogen) atoms. The van der Waals surface area contributed by atoms with Crippen molar-refractivity contribution >= 4 is 17.3 Å². The molecule has 0 bridgehead atoms. The van der Waals surface area contributed by atoms with Crippen molar-refractivity contribution in [2.75, 3.05) is 25.2 Å². The van der Waals surface area contributed by atoms with Gasteiger partial charge in [0.15, 0.2) is 0 Å². The Morgan fingerprint density at radius 1 is 1.39 bits per heavy atom. The van der Waals surface area contributed by atoms with Crippen molar-refractivity contribution < 1.29 is 4.74 Å². The summed E-state index contributed by atoms with van der Waals surface area (Å²) in [5.41, 5.74) is 2.27. The molecule has 0 unspecified atom stereocenters. The molecule has 1 aromatic rings. The van der Waals surface area contributed by atoms with Gasteiger partial charge in [0.25, 0.3) is 0 Å². The average molecular weight is 271 g/mol. The first kappa shape index (κ1) is 15.3. The van der Waals surface area contributed by atoms with Crippen LogP contribution in [0.1, 0.15) is 32.3 Å². The Labute approximate surface area is 115 Å². The van der Waals surface area contributed by atoms with Crippen LogP contribution >= 0.6 is 11.6 Å². The second kappa shape index (κ2) is 8.33. The van der Waals surface area contributed by atoms with Crippen LogP contribution in [0.15, 0.2) is 18.5 Å². The lowest BCUT2D eigenvalue weighted by Crippen LogP contribution is -2.37. The molecule has 0 amide bonds. The highest BCUT2D eigenvalue weighted by atomic mass is 35.5. The number of ether oxygens (including phenoxy) is 1. The van der Waals surface area contributed by atoms with E-state index in [-0.39, 0.29) is 0 Å². The van der Waals surface area contributed by atoms with Gasteiger partial charge in [-0.3, -0.25) is 4.98 Å². The third-order valence-corrected chi connectivity index (χ3v) is 3.54. The maximum Gasteiger partial charge on any atom is 0.0637 e. The van der Waals surface area contributed by atoms with Crippen LogP contribution < -0.4 is 4.90 Å². The van der Waals surface area contributed by atoms with Gasteiger partial charge in [0.05, 0.1) is 12.5 Å². The summed E-state index contributed by atoms with van der Waals surface area (Å²) >= 11 is 6.00. The van der Waals surface area contributed by atoms with Crippen molar-refractivity contribution in [3.63, 3.8) is 0 Å².